The molecule has 0 saturated heterocycles. The van der Waals surface area contributed by atoms with Crippen LogP contribution in [0.4, 0.5) is 5.13 Å². The number of carbonyl (C=O) groups is 1. The van der Waals surface area contributed by atoms with Gasteiger partial charge in [-0.05, 0) is 25.1 Å². The first-order valence-electron chi connectivity index (χ1n) is 6.19. The van der Waals surface area contributed by atoms with E-state index in [-0.39, 0.29) is 5.91 Å². The number of ether oxygens (including phenoxy) is 1. The number of carbonyl (C=O) groups excluding carboxylic acids is 1. The number of anilines is 1. The van der Waals surface area contributed by atoms with Gasteiger partial charge in [-0.2, -0.15) is 0 Å². The van der Waals surface area contributed by atoms with Crippen molar-refractivity contribution in [3.63, 3.8) is 0 Å². The van der Waals surface area contributed by atoms with Crippen LogP contribution in [-0.2, 0) is 0 Å². The Balaban J connectivity index is 1.83. The molecule has 1 aromatic heterocycles. The lowest BCUT2D eigenvalue weighted by atomic mass is 10.2. The molecule has 5 N–H and O–H groups in total. The fourth-order valence-corrected chi connectivity index (χ4v) is 3.56. The van der Waals surface area contributed by atoms with Crippen LogP contribution in [0.5, 0.6) is 5.75 Å². The second kappa shape index (κ2) is 7.30. The van der Waals surface area contributed by atoms with Crippen molar-refractivity contribution in [3.05, 3.63) is 35.5 Å². The van der Waals surface area contributed by atoms with E-state index in [4.69, 9.17) is 16.3 Å². The minimum Gasteiger partial charge on any atom is -0.493 e. The van der Waals surface area contributed by atoms with Gasteiger partial charge in [0.1, 0.15) is 5.75 Å². The number of thiazole rings is 1. The molecule has 0 saturated carbocycles. The summed E-state index contributed by atoms with van der Waals surface area (Å²) in [6, 6.07) is 6.88. The van der Waals surface area contributed by atoms with E-state index in [1.807, 2.05) is 6.92 Å². The normalized spacial score (nSPS) is 10.4. The van der Waals surface area contributed by atoms with Crippen molar-refractivity contribution >= 4 is 34.1 Å². The molecule has 0 aliphatic rings. The van der Waals surface area contributed by atoms with E-state index in [9.17, 15) is 4.79 Å². The number of rotatable bonds is 6. The summed E-state index contributed by atoms with van der Waals surface area (Å²) in [5, 5.41) is 0.580. The fourth-order valence-electron chi connectivity index (χ4n) is 1.64. The summed E-state index contributed by atoms with van der Waals surface area (Å²) in [7, 11) is 0. The molecule has 0 radical (unpaired) electrons. The SMILES string of the molecule is Cc1nc(N)sc1SCCOc1cccc(C(=O)NN)c1. The quantitative estimate of drug-likeness (QED) is 0.246. The molecule has 0 spiro atoms. The zero-order valence-electron chi connectivity index (χ0n) is 11.5. The fraction of sp³-hybridized carbons (Fsp3) is 0.231. The molecule has 1 amide bonds. The zero-order chi connectivity index (χ0) is 15.2. The minimum absolute atomic E-state index is 0.342. The van der Waals surface area contributed by atoms with E-state index in [1.165, 1.54) is 11.3 Å². The van der Waals surface area contributed by atoms with Crippen molar-refractivity contribution in [2.75, 3.05) is 18.1 Å². The smallest absolute Gasteiger partial charge is 0.265 e. The van der Waals surface area contributed by atoms with Gasteiger partial charge in [0.15, 0.2) is 5.13 Å². The van der Waals surface area contributed by atoms with Crippen molar-refractivity contribution in [2.24, 2.45) is 5.84 Å². The number of nitrogens with zero attached hydrogens (tertiary/aromatic N) is 1. The number of hydrogen-bond donors (Lipinski definition) is 3. The highest BCUT2D eigenvalue weighted by Gasteiger charge is 2.07. The Morgan fingerprint density at radius 2 is 2.33 bits per heavy atom. The number of thioether (sulfide) groups is 1. The number of hydrazine groups is 1. The summed E-state index contributed by atoms with van der Waals surface area (Å²) in [5.41, 5.74) is 9.15. The van der Waals surface area contributed by atoms with Gasteiger partial charge < -0.3 is 10.5 Å². The van der Waals surface area contributed by atoms with Crippen molar-refractivity contribution in [1.82, 2.24) is 10.4 Å². The van der Waals surface area contributed by atoms with Gasteiger partial charge in [0.2, 0.25) is 0 Å². The van der Waals surface area contributed by atoms with E-state index in [2.05, 4.69) is 10.4 Å². The van der Waals surface area contributed by atoms with E-state index >= 15 is 0 Å². The number of amides is 1. The van der Waals surface area contributed by atoms with Crippen molar-refractivity contribution in [3.8, 4) is 5.75 Å². The zero-order valence-corrected chi connectivity index (χ0v) is 13.1. The van der Waals surface area contributed by atoms with Crippen LogP contribution in [0.1, 0.15) is 16.1 Å². The first-order valence-corrected chi connectivity index (χ1v) is 8.00. The predicted molar refractivity (Wildman–Crippen MR) is 85.6 cm³/mol. The number of hydrogen-bond acceptors (Lipinski definition) is 7. The van der Waals surface area contributed by atoms with Gasteiger partial charge in [0.25, 0.3) is 5.91 Å². The molecule has 0 aliphatic heterocycles. The summed E-state index contributed by atoms with van der Waals surface area (Å²) in [5.74, 6) is 6.17. The van der Waals surface area contributed by atoms with Crippen LogP contribution in [0.2, 0.25) is 0 Å². The largest absolute Gasteiger partial charge is 0.493 e. The number of nitrogens with two attached hydrogens (primary N) is 2. The second-order valence-electron chi connectivity index (χ2n) is 4.12. The molecular weight excluding hydrogens is 308 g/mol. The predicted octanol–water partition coefficient (Wildman–Crippen LogP) is 1.81. The average molecular weight is 324 g/mol. The van der Waals surface area contributed by atoms with Crippen molar-refractivity contribution in [2.45, 2.75) is 11.1 Å². The molecule has 2 rings (SSSR count). The molecular formula is C13H16N4O2S2. The standard InChI is InChI=1S/C13H16N4O2S2/c1-8-12(21-13(14)16-8)20-6-5-19-10-4-2-3-9(7-10)11(18)17-15/h2-4,7H,5-6,15H2,1H3,(H2,14,16)(H,17,18). The molecule has 8 heteroatoms. The highest BCUT2D eigenvalue weighted by Crippen LogP contribution is 2.30. The lowest BCUT2D eigenvalue weighted by Gasteiger charge is -2.07. The Hall–Kier alpha value is -1.77. The molecule has 2 aromatic rings. The van der Waals surface area contributed by atoms with E-state index < -0.39 is 0 Å². The maximum absolute atomic E-state index is 11.4. The van der Waals surface area contributed by atoms with Gasteiger partial charge in [-0.1, -0.05) is 17.4 Å². The van der Waals surface area contributed by atoms with E-state index in [0.29, 0.717) is 23.1 Å². The van der Waals surface area contributed by atoms with Crippen LogP contribution in [0.15, 0.2) is 28.5 Å². The Bertz CT molecular complexity index is 630. The maximum atomic E-state index is 11.4. The summed E-state index contributed by atoms with van der Waals surface area (Å²) in [6.07, 6.45) is 0. The summed E-state index contributed by atoms with van der Waals surface area (Å²) >= 11 is 3.13. The monoisotopic (exact) mass is 324 g/mol. The third kappa shape index (κ3) is 4.35. The topological polar surface area (TPSA) is 103 Å². The highest BCUT2D eigenvalue weighted by molar-refractivity contribution is 8.01. The van der Waals surface area contributed by atoms with Crippen molar-refractivity contribution < 1.29 is 9.53 Å². The maximum Gasteiger partial charge on any atom is 0.265 e. The van der Waals surface area contributed by atoms with E-state index in [0.717, 1.165) is 15.7 Å². The Kier molecular flexibility index (Phi) is 5.43. The van der Waals surface area contributed by atoms with Crippen molar-refractivity contribution in [1.29, 1.82) is 0 Å². The molecule has 0 aliphatic carbocycles. The molecule has 0 bridgehead atoms. The lowest BCUT2D eigenvalue weighted by molar-refractivity contribution is 0.0953. The number of nitrogen functional groups attached to an aromatic ring is 2. The number of aryl methyl sites for hydroxylation is 1. The van der Waals surface area contributed by atoms with Gasteiger partial charge in [-0.15, -0.1) is 11.8 Å². The molecule has 0 atom stereocenters. The first-order chi connectivity index (χ1) is 10.1. The minimum atomic E-state index is -0.342. The average Bonchev–Trinajstić information content (AvgIpc) is 2.81. The Labute approximate surface area is 130 Å². The number of aromatic nitrogens is 1. The second-order valence-corrected chi connectivity index (χ2v) is 6.52. The molecule has 1 heterocycles. The van der Waals surface area contributed by atoms with Crippen LogP contribution in [0.25, 0.3) is 0 Å². The highest BCUT2D eigenvalue weighted by atomic mass is 32.2. The van der Waals surface area contributed by atoms with Gasteiger partial charge >= 0.3 is 0 Å². The molecule has 21 heavy (non-hydrogen) atoms. The van der Waals surface area contributed by atoms with Gasteiger partial charge in [-0.25, -0.2) is 10.8 Å². The summed E-state index contributed by atoms with van der Waals surface area (Å²) in [6.45, 7) is 2.46. The van der Waals surface area contributed by atoms with Crippen LogP contribution >= 0.6 is 23.1 Å². The third-order valence-electron chi connectivity index (χ3n) is 2.58. The molecule has 6 nitrogen and oxygen atoms in total. The summed E-state index contributed by atoms with van der Waals surface area (Å²) in [4.78, 5) is 15.6. The first kappa shape index (κ1) is 15.6. The van der Waals surface area contributed by atoms with Crippen LogP contribution in [-0.4, -0.2) is 23.3 Å². The molecule has 1 aromatic carbocycles. The Morgan fingerprint density at radius 1 is 1.52 bits per heavy atom. The third-order valence-corrected chi connectivity index (χ3v) is 4.90. The number of nitrogens with one attached hydrogen (secondary N) is 1. The number of benzene rings is 1. The van der Waals surface area contributed by atoms with Gasteiger partial charge in [-0.3, -0.25) is 10.2 Å². The Morgan fingerprint density at radius 3 is 3.00 bits per heavy atom. The summed E-state index contributed by atoms with van der Waals surface area (Å²) < 4.78 is 6.73. The molecule has 112 valence electrons. The molecule has 0 unspecified atom stereocenters. The van der Waals surface area contributed by atoms with Gasteiger partial charge in [0, 0.05) is 11.3 Å². The van der Waals surface area contributed by atoms with E-state index in [1.54, 1.807) is 36.0 Å². The van der Waals surface area contributed by atoms with Crippen LogP contribution < -0.4 is 21.7 Å². The lowest BCUT2D eigenvalue weighted by Crippen LogP contribution is -2.29. The van der Waals surface area contributed by atoms with Crippen LogP contribution in [0.3, 0.4) is 0 Å². The molecule has 0 fully saturated rings. The van der Waals surface area contributed by atoms with Gasteiger partial charge in [0.05, 0.1) is 16.5 Å². The van der Waals surface area contributed by atoms with Crippen LogP contribution in [0, 0.1) is 6.92 Å².